The lowest BCUT2D eigenvalue weighted by Crippen LogP contribution is -2.55. The number of hydrogen-bond donors (Lipinski definition) is 3. The van der Waals surface area contributed by atoms with Gasteiger partial charge in [0.1, 0.15) is 6.04 Å². The first-order valence-electron chi connectivity index (χ1n) is 11.7. The molecule has 3 unspecified atom stereocenters. The van der Waals surface area contributed by atoms with Crippen LogP contribution in [0.3, 0.4) is 0 Å². The number of hydrogen-bond acceptors (Lipinski definition) is 5. The van der Waals surface area contributed by atoms with Gasteiger partial charge in [-0.3, -0.25) is 14.4 Å². The third kappa shape index (κ3) is 4.04. The molecule has 180 valence electrons. The average Bonchev–Trinajstić information content (AvgIpc) is 3.38. The van der Waals surface area contributed by atoms with E-state index in [1.165, 1.54) is 0 Å². The van der Waals surface area contributed by atoms with Crippen LogP contribution in [0.1, 0.15) is 39.0 Å². The summed E-state index contributed by atoms with van der Waals surface area (Å²) in [6.45, 7) is 2.72. The van der Waals surface area contributed by atoms with E-state index in [9.17, 15) is 14.4 Å². The molecule has 4 rings (SSSR count). The molecule has 0 aliphatic carbocycles. The Balaban J connectivity index is 1.66. The van der Waals surface area contributed by atoms with E-state index in [4.69, 9.17) is 16.7 Å². The molecule has 0 saturated carbocycles. The molecule has 1 aromatic carbocycles. The number of carbonyl (C=O) groups excluding carboxylic acids is 3. The van der Waals surface area contributed by atoms with Crippen molar-refractivity contribution in [1.82, 2.24) is 10.2 Å². The van der Waals surface area contributed by atoms with Crippen molar-refractivity contribution >= 4 is 46.8 Å². The van der Waals surface area contributed by atoms with E-state index < -0.39 is 22.6 Å². The number of aliphatic hydroxyl groups excluding tert-OH is 1. The zero-order valence-corrected chi connectivity index (χ0v) is 20.6. The molecular weight excluding hydrogens is 462 g/mol. The highest BCUT2D eigenvalue weighted by atomic mass is 35.5. The number of unbranched alkanes of at least 4 members (excludes halogenated alkanes) is 3. The minimum Gasteiger partial charge on any atom is -0.396 e. The van der Waals surface area contributed by atoms with Crippen LogP contribution < -0.4 is 10.6 Å². The lowest BCUT2D eigenvalue weighted by atomic mass is 9.66. The second kappa shape index (κ2) is 9.84. The highest BCUT2D eigenvalue weighted by molar-refractivity contribution is 8.02. The molecule has 2 bridgehead atoms. The standard InChI is InChI=1S/C24H32ClN3O4S/c1-14-13-17-18(21(30)26-2)19-23(32)28(11-7-3-4-8-12-29)20(24(14,19)33-17)22(31)27-16-10-6-5-9-15(16)25/h5-6,9-10,14,17-20,29H,3-4,7-8,11-13H2,1-2H3,(H,26,30)(H,27,31)/t14?,17-,18+,19+,20?,24?/m1/s1. The van der Waals surface area contributed by atoms with Crippen LogP contribution in [0.2, 0.25) is 5.02 Å². The van der Waals surface area contributed by atoms with Gasteiger partial charge >= 0.3 is 0 Å². The van der Waals surface area contributed by atoms with Crippen LogP contribution in [0.15, 0.2) is 24.3 Å². The first-order chi connectivity index (χ1) is 15.9. The number of anilines is 1. The molecular formula is C24H32ClN3O4S. The largest absolute Gasteiger partial charge is 0.396 e. The number of halogens is 1. The van der Waals surface area contributed by atoms with E-state index in [1.54, 1.807) is 41.9 Å². The van der Waals surface area contributed by atoms with Gasteiger partial charge in [-0.2, -0.15) is 0 Å². The number of para-hydroxylation sites is 1. The molecule has 7 nitrogen and oxygen atoms in total. The molecule has 3 saturated heterocycles. The summed E-state index contributed by atoms with van der Waals surface area (Å²) in [6.07, 6.45) is 4.03. The Labute approximate surface area is 204 Å². The number of aliphatic hydroxyl groups is 1. The summed E-state index contributed by atoms with van der Waals surface area (Å²) in [5.41, 5.74) is 0.521. The normalized spacial score (nSPS) is 32.2. The first-order valence-corrected chi connectivity index (χ1v) is 13.0. The molecule has 3 aliphatic heterocycles. The number of rotatable bonds is 9. The van der Waals surface area contributed by atoms with Crippen LogP contribution in [0.4, 0.5) is 5.69 Å². The summed E-state index contributed by atoms with van der Waals surface area (Å²) < 4.78 is -0.630. The topological polar surface area (TPSA) is 98.7 Å². The minimum absolute atomic E-state index is 0.0382. The van der Waals surface area contributed by atoms with Gasteiger partial charge in [0.25, 0.3) is 0 Å². The Morgan fingerprint density at radius 3 is 2.64 bits per heavy atom. The van der Waals surface area contributed by atoms with Crippen LogP contribution in [-0.4, -0.2) is 64.0 Å². The number of fused-ring (bicyclic) bond motifs is 1. The molecule has 3 fully saturated rings. The maximum absolute atomic E-state index is 13.8. The molecule has 0 radical (unpaired) electrons. The van der Waals surface area contributed by atoms with E-state index in [0.717, 1.165) is 32.1 Å². The van der Waals surface area contributed by atoms with E-state index in [2.05, 4.69) is 17.6 Å². The molecule has 33 heavy (non-hydrogen) atoms. The molecule has 3 aliphatic rings. The Morgan fingerprint density at radius 2 is 1.94 bits per heavy atom. The smallest absolute Gasteiger partial charge is 0.248 e. The Hall–Kier alpha value is -1.77. The molecule has 1 aromatic rings. The van der Waals surface area contributed by atoms with Crippen LogP contribution in [0.25, 0.3) is 0 Å². The molecule has 6 atom stereocenters. The van der Waals surface area contributed by atoms with E-state index in [1.807, 2.05) is 6.07 Å². The van der Waals surface area contributed by atoms with Crippen molar-refractivity contribution in [3.8, 4) is 0 Å². The average molecular weight is 494 g/mol. The van der Waals surface area contributed by atoms with Gasteiger partial charge < -0.3 is 20.6 Å². The molecule has 3 amide bonds. The van der Waals surface area contributed by atoms with Gasteiger partial charge in [-0.25, -0.2) is 0 Å². The van der Waals surface area contributed by atoms with Gasteiger partial charge in [0.15, 0.2) is 0 Å². The summed E-state index contributed by atoms with van der Waals surface area (Å²) in [7, 11) is 1.61. The maximum Gasteiger partial charge on any atom is 0.248 e. The molecule has 9 heteroatoms. The van der Waals surface area contributed by atoms with E-state index in [0.29, 0.717) is 17.3 Å². The summed E-state index contributed by atoms with van der Waals surface area (Å²) in [4.78, 5) is 42.1. The quantitative estimate of drug-likeness (QED) is 0.459. The Kier molecular flexibility index (Phi) is 7.26. The molecule has 3 heterocycles. The van der Waals surface area contributed by atoms with Crippen LogP contribution in [0.5, 0.6) is 0 Å². The summed E-state index contributed by atoms with van der Waals surface area (Å²) in [6, 6.07) is 6.42. The number of amides is 3. The van der Waals surface area contributed by atoms with Crippen LogP contribution in [0, 0.1) is 17.8 Å². The zero-order chi connectivity index (χ0) is 23.8. The maximum atomic E-state index is 13.8. The molecule has 1 spiro atoms. The molecule has 3 N–H and O–H groups in total. The lowest BCUT2D eigenvalue weighted by molar-refractivity contribution is -0.139. The van der Waals surface area contributed by atoms with Gasteiger partial charge in [-0.05, 0) is 37.3 Å². The predicted molar refractivity (Wildman–Crippen MR) is 130 cm³/mol. The number of nitrogens with zero attached hydrogens (tertiary/aromatic N) is 1. The van der Waals surface area contributed by atoms with Crippen LogP contribution >= 0.6 is 23.4 Å². The van der Waals surface area contributed by atoms with Gasteiger partial charge in [0.2, 0.25) is 17.7 Å². The van der Waals surface area contributed by atoms with E-state index >= 15 is 0 Å². The van der Waals surface area contributed by atoms with Crippen molar-refractivity contribution in [3.63, 3.8) is 0 Å². The second-order valence-corrected chi connectivity index (χ2v) is 11.3. The number of carbonyl (C=O) groups is 3. The Morgan fingerprint density at radius 1 is 1.21 bits per heavy atom. The first kappa shape index (κ1) is 24.4. The number of nitrogens with one attached hydrogen (secondary N) is 2. The van der Waals surface area contributed by atoms with Crippen molar-refractivity contribution in [3.05, 3.63) is 29.3 Å². The summed E-state index contributed by atoms with van der Waals surface area (Å²) in [5.74, 6) is -1.24. The number of likely N-dealkylation sites (tertiary alicyclic amines) is 1. The van der Waals surface area contributed by atoms with Gasteiger partial charge in [0, 0.05) is 25.4 Å². The third-order valence-corrected chi connectivity index (χ3v) is 9.89. The van der Waals surface area contributed by atoms with E-state index in [-0.39, 0.29) is 35.5 Å². The fourth-order valence-electron chi connectivity index (χ4n) is 6.04. The number of benzene rings is 1. The van der Waals surface area contributed by atoms with Crippen molar-refractivity contribution < 1.29 is 19.5 Å². The summed E-state index contributed by atoms with van der Waals surface area (Å²) in [5, 5.41) is 15.2. The van der Waals surface area contributed by atoms with Crippen LogP contribution in [-0.2, 0) is 14.4 Å². The fourth-order valence-corrected chi connectivity index (χ4v) is 8.64. The molecule has 0 aromatic heterocycles. The highest BCUT2D eigenvalue weighted by Crippen LogP contribution is 2.68. The van der Waals surface area contributed by atoms with Gasteiger partial charge in [0.05, 0.1) is 27.3 Å². The highest BCUT2D eigenvalue weighted by Gasteiger charge is 2.75. The zero-order valence-electron chi connectivity index (χ0n) is 19.1. The lowest BCUT2D eigenvalue weighted by Gasteiger charge is -2.38. The van der Waals surface area contributed by atoms with Crippen molar-refractivity contribution in [2.75, 3.05) is 25.5 Å². The van der Waals surface area contributed by atoms with Gasteiger partial charge in [-0.15, -0.1) is 11.8 Å². The predicted octanol–water partition coefficient (Wildman–Crippen LogP) is 2.91. The third-order valence-electron chi connectivity index (χ3n) is 7.48. The van der Waals surface area contributed by atoms with Crippen molar-refractivity contribution in [2.45, 2.75) is 55.1 Å². The minimum atomic E-state index is -0.663. The SMILES string of the molecule is CNC(=O)[C@@H]1[C@H]2C(=O)N(CCCCCCO)C(C(=O)Nc3ccccc3Cl)C23S[C@@H]1CC3C. The second-order valence-electron chi connectivity index (χ2n) is 9.31. The van der Waals surface area contributed by atoms with Crippen molar-refractivity contribution in [1.29, 1.82) is 0 Å². The fraction of sp³-hybridized carbons (Fsp3) is 0.625. The van der Waals surface area contributed by atoms with Gasteiger partial charge in [-0.1, -0.05) is 43.5 Å². The Bertz CT molecular complexity index is 931. The number of thioether (sulfide) groups is 1. The monoisotopic (exact) mass is 493 g/mol. The summed E-state index contributed by atoms with van der Waals surface area (Å²) >= 11 is 7.96. The van der Waals surface area contributed by atoms with Crippen molar-refractivity contribution in [2.24, 2.45) is 17.8 Å².